The topological polar surface area (TPSA) is 75.7 Å². The van der Waals surface area contributed by atoms with E-state index in [4.69, 9.17) is 9.15 Å². The highest BCUT2D eigenvalue weighted by Crippen LogP contribution is 2.22. The Morgan fingerprint density at radius 3 is 2.89 bits per heavy atom. The highest BCUT2D eigenvalue weighted by Gasteiger charge is 2.17. The van der Waals surface area contributed by atoms with Gasteiger partial charge in [0.2, 0.25) is 0 Å². The van der Waals surface area contributed by atoms with Gasteiger partial charge >= 0.3 is 7.12 Å². The highest BCUT2D eigenvalue weighted by molar-refractivity contribution is 7.98. The van der Waals surface area contributed by atoms with Crippen LogP contribution in [0.25, 0.3) is 0 Å². The van der Waals surface area contributed by atoms with Crippen LogP contribution < -0.4 is 10.2 Å². The lowest BCUT2D eigenvalue weighted by Gasteiger charge is -2.09. The van der Waals surface area contributed by atoms with Crippen LogP contribution in [0.3, 0.4) is 0 Å². The molecule has 0 saturated heterocycles. The molecule has 0 aliphatic heterocycles. The molecule has 5 nitrogen and oxygen atoms in total. The zero-order valence-electron chi connectivity index (χ0n) is 9.74. The van der Waals surface area contributed by atoms with Crippen LogP contribution in [0.5, 0.6) is 5.75 Å². The van der Waals surface area contributed by atoms with Crippen molar-refractivity contribution in [2.45, 2.75) is 11.0 Å². The van der Waals surface area contributed by atoms with Crippen LogP contribution in [-0.2, 0) is 5.75 Å². The van der Waals surface area contributed by atoms with E-state index in [0.29, 0.717) is 22.2 Å². The Hall–Kier alpha value is -1.44. The average Bonchev–Trinajstić information content (AvgIpc) is 2.88. The predicted octanol–water partition coefficient (Wildman–Crippen LogP) is 0.655. The maximum absolute atomic E-state index is 9.29. The monoisotopic (exact) mass is 265 g/mol. The molecule has 1 aromatic heterocycles. The minimum atomic E-state index is -1.50. The molecule has 2 rings (SSSR count). The number of aromatic nitrogens is 1. The molecular formula is C11H12BNO4S. The van der Waals surface area contributed by atoms with E-state index in [1.807, 2.05) is 0 Å². The highest BCUT2D eigenvalue weighted by atomic mass is 32.2. The molecule has 0 aliphatic rings. The average molecular weight is 265 g/mol. The van der Waals surface area contributed by atoms with Crippen LogP contribution in [0.1, 0.15) is 5.56 Å². The van der Waals surface area contributed by atoms with Crippen molar-refractivity contribution in [1.82, 2.24) is 4.98 Å². The van der Waals surface area contributed by atoms with E-state index in [0.717, 1.165) is 5.56 Å². The number of methoxy groups -OCH3 is 1. The van der Waals surface area contributed by atoms with Crippen molar-refractivity contribution in [2.24, 2.45) is 0 Å². The normalized spacial score (nSPS) is 10.4. The van der Waals surface area contributed by atoms with Crippen LogP contribution in [0.2, 0.25) is 0 Å². The molecule has 0 aliphatic carbocycles. The van der Waals surface area contributed by atoms with Crippen molar-refractivity contribution >= 4 is 24.3 Å². The molecule has 0 amide bonds. The van der Waals surface area contributed by atoms with Crippen molar-refractivity contribution in [3.05, 3.63) is 36.2 Å². The van der Waals surface area contributed by atoms with Gasteiger partial charge in [-0.2, -0.15) is 0 Å². The molecule has 18 heavy (non-hydrogen) atoms. The molecule has 0 bridgehead atoms. The summed E-state index contributed by atoms with van der Waals surface area (Å²) in [5.41, 5.74) is 1.22. The third-order valence-electron chi connectivity index (χ3n) is 2.39. The fourth-order valence-corrected chi connectivity index (χ4v) is 2.30. The molecular weight excluding hydrogens is 253 g/mol. The summed E-state index contributed by atoms with van der Waals surface area (Å²) in [7, 11) is 0.0612. The van der Waals surface area contributed by atoms with Crippen LogP contribution in [0.15, 0.2) is 40.3 Å². The number of benzene rings is 1. The Bertz CT molecular complexity index is 504. The fourth-order valence-electron chi connectivity index (χ4n) is 1.51. The lowest BCUT2D eigenvalue weighted by Crippen LogP contribution is -2.32. The summed E-state index contributed by atoms with van der Waals surface area (Å²) in [5.74, 6) is 1.19. The van der Waals surface area contributed by atoms with Crippen molar-refractivity contribution in [2.75, 3.05) is 7.11 Å². The summed E-state index contributed by atoms with van der Waals surface area (Å²) in [4.78, 5) is 3.99. The minimum Gasteiger partial charge on any atom is -0.497 e. The number of ether oxygens (including phenoxy) is 1. The fraction of sp³-hybridized carbons (Fsp3) is 0.182. The van der Waals surface area contributed by atoms with Gasteiger partial charge < -0.3 is 19.2 Å². The van der Waals surface area contributed by atoms with Crippen molar-refractivity contribution in [1.29, 1.82) is 0 Å². The number of thioether (sulfide) groups is 1. The predicted molar refractivity (Wildman–Crippen MR) is 68.9 cm³/mol. The zero-order chi connectivity index (χ0) is 13.0. The Labute approximate surface area is 109 Å². The smallest absolute Gasteiger partial charge is 0.488 e. The van der Waals surface area contributed by atoms with Gasteiger partial charge in [-0.05, 0) is 23.2 Å². The van der Waals surface area contributed by atoms with Crippen LogP contribution in [0.4, 0.5) is 0 Å². The number of hydrogen-bond donors (Lipinski definition) is 2. The summed E-state index contributed by atoms with van der Waals surface area (Å²) in [5, 5.41) is 19.1. The standard InChI is InChI=1S/C11H12BNO4S/c1-16-9-2-3-10(12(14)15)8(6-9)7-18-11-13-4-5-17-11/h2-6,14-15H,7H2,1H3. The Kier molecular flexibility index (Phi) is 4.30. The molecule has 1 heterocycles. The first kappa shape index (κ1) is 13.0. The maximum atomic E-state index is 9.29. The SMILES string of the molecule is COc1ccc(B(O)O)c(CSc2ncco2)c1. The Morgan fingerprint density at radius 1 is 1.44 bits per heavy atom. The van der Waals surface area contributed by atoms with Gasteiger partial charge in [-0.15, -0.1) is 0 Å². The van der Waals surface area contributed by atoms with Crippen molar-refractivity contribution in [3.8, 4) is 5.75 Å². The van der Waals surface area contributed by atoms with Gasteiger partial charge in [0.15, 0.2) is 0 Å². The van der Waals surface area contributed by atoms with E-state index in [-0.39, 0.29) is 0 Å². The molecule has 0 atom stereocenters. The molecule has 0 fully saturated rings. The summed E-state index contributed by atoms with van der Waals surface area (Å²) < 4.78 is 10.2. The van der Waals surface area contributed by atoms with E-state index in [1.54, 1.807) is 31.5 Å². The summed E-state index contributed by atoms with van der Waals surface area (Å²) in [6, 6.07) is 5.09. The van der Waals surface area contributed by atoms with Gasteiger partial charge in [-0.3, -0.25) is 0 Å². The van der Waals surface area contributed by atoms with E-state index in [9.17, 15) is 10.0 Å². The maximum Gasteiger partial charge on any atom is 0.488 e. The third kappa shape index (κ3) is 3.07. The first-order valence-corrected chi connectivity index (χ1v) is 6.24. The van der Waals surface area contributed by atoms with E-state index >= 15 is 0 Å². The largest absolute Gasteiger partial charge is 0.497 e. The molecule has 1 aromatic carbocycles. The van der Waals surface area contributed by atoms with Gasteiger partial charge in [0, 0.05) is 5.75 Å². The second-order valence-electron chi connectivity index (χ2n) is 3.53. The molecule has 94 valence electrons. The molecule has 2 N–H and O–H groups in total. The van der Waals surface area contributed by atoms with E-state index in [1.165, 1.54) is 18.0 Å². The molecule has 2 aromatic rings. The van der Waals surface area contributed by atoms with E-state index in [2.05, 4.69) is 4.98 Å². The van der Waals surface area contributed by atoms with Crippen molar-refractivity contribution < 1.29 is 19.2 Å². The lowest BCUT2D eigenvalue weighted by atomic mass is 9.77. The quantitative estimate of drug-likeness (QED) is 0.611. The van der Waals surface area contributed by atoms with Gasteiger partial charge in [0.05, 0.1) is 13.3 Å². The Balaban J connectivity index is 2.18. The molecule has 0 radical (unpaired) electrons. The Morgan fingerprint density at radius 2 is 2.28 bits per heavy atom. The van der Waals surface area contributed by atoms with E-state index < -0.39 is 7.12 Å². The van der Waals surface area contributed by atoms with Crippen LogP contribution >= 0.6 is 11.8 Å². The van der Waals surface area contributed by atoms with Crippen LogP contribution in [0, 0.1) is 0 Å². The third-order valence-corrected chi connectivity index (χ3v) is 3.29. The van der Waals surface area contributed by atoms with Crippen LogP contribution in [-0.4, -0.2) is 29.3 Å². The summed E-state index contributed by atoms with van der Waals surface area (Å²) >= 11 is 1.38. The van der Waals surface area contributed by atoms with Gasteiger partial charge in [-0.25, -0.2) is 4.98 Å². The molecule has 0 saturated carbocycles. The number of oxazole rings is 1. The van der Waals surface area contributed by atoms with Gasteiger partial charge in [0.25, 0.3) is 5.22 Å². The van der Waals surface area contributed by atoms with Gasteiger partial charge in [-0.1, -0.05) is 17.8 Å². The number of rotatable bonds is 5. The second-order valence-corrected chi connectivity index (χ2v) is 4.45. The molecule has 7 heteroatoms. The number of hydrogen-bond acceptors (Lipinski definition) is 6. The number of nitrogens with zero attached hydrogens (tertiary/aromatic N) is 1. The molecule has 0 unspecified atom stereocenters. The van der Waals surface area contributed by atoms with Crippen molar-refractivity contribution in [3.63, 3.8) is 0 Å². The minimum absolute atomic E-state index is 0.454. The summed E-state index contributed by atoms with van der Waals surface area (Å²) in [6.07, 6.45) is 3.06. The summed E-state index contributed by atoms with van der Waals surface area (Å²) in [6.45, 7) is 0. The molecule has 0 spiro atoms. The first-order valence-electron chi connectivity index (χ1n) is 5.26. The second kappa shape index (κ2) is 5.95. The first-order chi connectivity index (χ1) is 8.70. The van der Waals surface area contributed by atoms with Gasteiger partial charge in [0.1, 0.15) is 12.0 Å². The lowest BCUT2D eigenvalue weighted by molar-refractivity contribution is 0.413. The zero-order valence-corrected chi connectivity index (χ0v) is 10.6.